The average molecular weight is 378 g/mol. The molecule has 0 aliphatic heterocycles. The lowest BCUT2D eigenvalue weighted by molar-refractivity contribution is 0.0993. The summed E-state index contributed by atoms with van der Waals surface area (Å²) in [5.74, 6) is -0.629. The molecule has 3 aromatic rings. The Morgan fingerprint density at radius 1 is 0.929 bits per heavy atom. The van der Waals surface area contributed by atoms with Gasteiger partial charge >= 0.3 is 0 Å². The summed E-state index contributed by atoms with van der Waals surface area (Å²) in [7, 11) is 0. The molecule has 0 fully saturated rings. The van der Waals surface area contributed by atoms with E-state index in [9.17, 15) is 14.7 Å². The molecule has 3 rings (SSSR count). The fraction of sp³-hybridized carbons (Fsp3) is 0.182. The maximum atomic E-state index is 12.6. The Morgan fingerprint density at radius 2 is 1.71 bits per heavy atom. The number of anilines is 2. The van der Waals surface area contributed by atoms with E-state index in [0.717, 1.165) is 5.56 Å². The minimum absolute atomic E-state index is 0.0105. The summed E-state index contributed by atoms with van der Waals surface area (Å²) in [6.45, 7) is 6.16. The van der Waals surface area contributed by atoms with Crippen molar-refractivity contribution >= 4 is 23.2 Å². The zero-order chi connectivity index (χ0) is 20.3. The number of furan rings is 1. The van der Waals surface area contributed by atoms with Gasteiger partial charge in [0, 0.05) is 11.3 Å². The van der Waals surface area contributed by atoms with Crippen LogP contribution in [-0.4, -0.2) is 16.9 Å². The van der Waals surface area contributed by atoms with Gasteiger partial charge in [0.15, 0.2) is 5.76 Å². The van der Waals surface area contributed by atoms with Gasteiger partial charge in [-0.1, -0.05) is 32.9 Å². The van der Waals surface area contributed by atoms with Crippen molar-refractivity contribution in [2.24, 2.45) is 0 Å². The second-order valence-electron chi connectivity index (χ2n) is 7.45. The number of phenols is 1. The Balaban J connectivity index is 1.77. The molecule has 6 nitrogen and oxygen atoms in total. The van der Waals surface area contributed by atoms with Gasteiger partial charge in [0.25, 0.3) is 11.8 Å². The van der Waals surface area contributed by atoms with Crippen molar-refractivity contribution in [3.8, 4) is 5.75 Å². The van der Waals surface area contributed by atoms with E-state index in [1.165, 1.54) is 6.26 Å². The van der Waals surface area contributed by atoms with Gasteiger partial charge in [-0.15, -0.1) is 0 Å². The highest BCUT2D eigenvalue weighted by Gasteiger charge is 2.17. The number of aromatic hydroxyl groups is 1. The van der Waals surface area contributed by atoms with E-state index < -0.39 is 11.8 Å². The molecule has 0 radical (unpaired) electrons. The molecule has 2 aromatic carbocycles. The first kappa shape index (κ1) is 19.2. The first-order chi connectivity index (χ1) is 13.2. The largest absolute Gasteiger partial charge is 0.506 e. The number of benzene rings is 2. The fourth-order valence-corrected chi connectivity index (χ4v) is 2.64. The topological polar surface area (TPSA) is 91.6 Å². The summed E-state index contributed by atoms with van der Waals surface area (Å²) >= 11 is 0. The number of nitrogens with one attached hydrogen (secondary N) is 2. The van der Waals surface area contributed by atoms with E-state index in [-0.39, 0.29) is 16.9 Å². The summed E-state index contributed by atoms with van der Waals surface area (Å²) in [6.07, 6.45) is 1.41. The number of carbonyl (C=O) groups is 2. The van der Waals surface area contributed by atoms with Crippen molar-refractivity contribution in [1.29, 1.82) is 0 Å². The van der Waals surface area contributed by atoms with Gasteiger partial charge < -0.3 is 20.2 Å². The van der Waals surface area contributed by atoms with E-state index >= 15 is 0 Å². The predicted molar refractivity (Wildman–Crippen MR) is 108 cm³/mol. The van der Waals surface area contributed by atoms with Gasteiger partial charge in [-0.2, -0.15) is 0 Å². The van der Waals surface area contributed by atoms with E-state index in [2.05, 4.69) is 31.4 Å². The standard InChI is InChI=1S/C22H22N2O4/c1-22(2,3)15-9-10-18(25)17(13-15)24-20(26)14-6-4-7-16(12-14)23-21(27)19-8-5-11-28-19/h4-13,25H,1-3H3,(H,23,27)(H,24,26). The smallest absolute Gasteiger partial charge is 0.291 e. The maximum absolute atomic E-state index is 12.6. The van der Waals surface area contributed by atoms with Crippen molar-refractivity contribution in [1.82, 2.24) is 0 Å². The number of phenolic OH excluding ortho intramolecular Hbond substituents is 1. The van der Waals surface area contributed by atoms with Crippen LogP contribution < -0.4 is 10.6 Å². The molecule has 1 heterocycles. The van der Waals surface area contributed by atoms with Gasteiger partial charge in [-0.25, -0.2) is 0 Å². The van der Waals surface area contributed by atoms with Crippen LogP contribution in [0.1, 0.15) is 47.2 Å². The summed E-state index contributed by atoms with van der Waals surface area (Å²) in [6, 6.07) is 14.9. The zero-order valence-electron chi connectivity index (χ0n) is 15.9. The monoisotopic (exact) mass is 378 g/mol. The Kier molecular flexibility index (Phi) is 5.22. The van der Waals surface area contributed by atoms with Gasteiger partial charge in [0.2, 0.25) is 0 Å². The molecular formula is C22H22N2O4. The molecule has 3 N–H and O–H groups in total. The Bertz CT molecular complexity index is 1000. The van der Waals surface area contributed by atoms with Crippen molar-refractivity contribution in [3.05, 3.63) is 77.7 Å². The van der Waals surface area contributed by atoms with Crippen molar-refractivity contribution in [2.75, 3.05) is 10.6 Å². The van der Waals surface area contributed by atoms with Crippen molar-refractivity contribution in [3.63, 3.8) is 0 Å². The minimum Gasteiger partial charge on any atom is -0.506 e. The Morgan fingerprint density at radius 3 is 2.39 bits per heavy atom. The third-order valence-electron chi connectivity index (χ3n) is 4.24. The summed E-state index contributed by atoms with van der Waals surface area (Å²) in [5.41, 5.74) is 2.01. The summed E-state index contributed by atoms with van der Waals surface area (Å²) < 4.78 is 5.06. The third kappa shape index (κ3) is 4.40. The lowest BCUT2D eigenvalue weighted by atomic mass is 9.87. The summed E-state index contributed by atoms with van der Waals surface area (Å²) in [4.78, 5) is 24.7. The van der Waals surface area contributed by atoms with Crippen LogP contribution in [0.2, 0.25) is 0 Å². The molecule has 0 bridgehead atoms. The average Bonchev–Trinajstić information content (AvgIpc) is 3.17. The maximum Gasteiger partial charge on any atom is 0.291 e. The van der Waals surface area contributed by atoms with E-state index in [0.29, 0.717) is 16.9 Å². The van der Waals surface area contributed by atoms with Crippen LogP contribution in [0.15, 0.2) is 65.3 Å². The van der Waals surface area contributed by atoms with Crippen LogP contribution in [-0.2, 0) is 5.41 Å². The number of hydrogen-bond acceptors (Lipinski definition) is 4. The molecule has 0 atom stereocenters. The molecule has 0 aliphatic rings. The highest BCUT2D eigenvalue weighted by Crippen LogP contribution is 2.31. The van der Waals surface area contributed by atoms with Gasteiger partial charge in [-0.3, -0.25) is 9.59 Å². The van der Waals surface area contributed by atoms with E-state index in [1.54, 1.807) is 48.5 Å². The van der Waals surface area contributed by atoms with Crippen LogP contribution >= 0.6 is 0 Å². The second-order valence-corrected chi connectivity index (χ2v) is 7.45. The van der Waals surface area contributed by atoms with E-state index in [1.807, 2.05) is 6.07 Å². The molecule has 2 amide bonds. The van der Waals surface area contributed by atoms with Crippen LogP contribution in [0.5, 0.6) is 5.75 Å². The lowest BCUT2D eigenvalue weighted by Crippen LogP contribution is -2.16. The third-order valence-corrected chi connectivity index (χ3v) is 4.24. The molecule has 144 valence electrons. The predicted octanol–water partition coefficient (Wildman–Crippen LogP) is 4.79. The van der Waals surface area contributed by atoms with Crippen LogP contribution in [0.25, 0.3) is 0 Å². The van der Waals surface area contributed by atoms with E-state index in [4.69, 9.17) is 4.42 Å². The molecule has 6 heteroatoms. The number of amides is 2. The highest BCUT2D eigenvalue weighted by atomic mass is 16.3. The molecule has 0 aliphatic carbocycles. The number of hydrogen-bond donors (Lipinski definition) is 3. The van der Waals surface area contributed by atoms with Crippen LogP contribution in [0.4, 0.5) is 11.4 Å². The molecule has 1 aromatic heterocycles. The fourth-order valence-electron chi connectivity index (χ4n) is 2.64. The number of carbonyl (C=O) groups excluding carboxylic acids is 2. The Labute approximate surface area is 163 Å². The number of rotatable bonds is 4. The highest BCUT2D eigenvalue weighted by molar-refractivity contribution is 6.07. The first-order valence-electron chi connectivity index (χ1n) is 8.84. The lowest BCUT2D eigenvalue weighted by Gasteiger charge is -2.20. The Hall–Kier alpha value is -3.54. The summed E-state index contributed by atoms with van der Waals surface area (Å²) in [5, 5.41) is 15.5. The van der Waals surface area contributed by atoms with Gasteiger partial charge in [0.1, 0.15) is 5.75 Å². The quantitative estimate of drug-likeness (QED) is 0.569. The van der Waals surface area contributed by atoms with Crippen molar-refractivity contribution in [2.45, 2.75) is 26.2 Å². The van der Waals surface area contributed by atoms with Crippen LogP contribution in [0, 0.1) is 0 Å². The molecule has 0 saturated heterocycles. The van der Waals surface area contributed by atoms with Gasteiger partial charge in [-0.05, 0) is 53.4 Å². The minimum atomic E-state index is -0.405. The normalized spacial score (nSPS) is 11.1. The zero-order valence-corrected chi connectivity index (χ0v) is 15.9. The SMILES string of the molecule is CC(C)(C)c1ccc(O)c(NC(=O)c2cccc(NC(=O)c3ccco3)c2)c1. The molecule has 0 saturated carbocycles. The van der Waals surface area contributed by atoms with Crippen molar-refractivity contribution < 1.29 is 19.1 Å². The first-order valence-corrected chi connectivity index (χ1v) is 8.84. The molecular weight excluding hydrogens is 356 g/mol. The van der Waals surface area contributed by atoms with Crippen LogP contribution in [0.3, 0.4) is 0 Å². The second kappa shape index (κ2) is 7.60. The molecule has 28 heavy (non-hydrogen) atoms. The molecule has 0 unspecified atom stereocenters. The molecule has 0 spiro atoms. The van der Waals surface area contributed by atoms with Gasteiger partial charge in [0.05, 0.1) is 12.0 Å².